The molecule has 2 saturated carbocycles. The number of hydrogen-bond acceptors (Lipinski definition) is 6. The van der Waals surface area contributed by atoms with E-state index in [0.717, 1.165) is 25.7 Å². The van der Waals surface area contributed by atoms with Gasteiger partial charge in [0.1, 0.15) is 12.2 Å². The molecule has 8 nitrogen and oxygen atoms in total. The molecule has 0 amide bonds. The molecule has 0 heterocycles. The van der Waals surface area contributed by atoms with E-state index < -0.39 is 11.9 Å². The predicted molar refractivity (Wildman–Crippen MR) is 141 cm³/mol. The van der Waals surface area contributed by atoms with E-state index in [2.05, 4.69) is 41.5 Å². The summed E-state index contributed by atoms with van der Waals surface area (Å²) in [7, 11) is 0. The molecule has 214 valence electrons. The van der Waals surface area contributed by atoms with Crippen LogP contribution in [0.5, 0.6) is 0 Å². The lowest BCUT2D eigenvalue weighted by molar-refractivity contribution is -0.158. The van der Waals surface area contributed by atoms with Gasteiger partial charge in [-0.2, -0.15) is 0 Å². The van der Waals surface area contributed by atoms with E-state index in [1.54, 1.807) is 0 Å². The van der Waals surface area contributed by atoms with Crippen LogP contribution in [0.1, 0.15) is 112 Å². The van der Waals surface area contributed by atoms with Gasteiger partial charge in [-0.1, -0.05) is 54.4 Å². The number of ether oxygens (including phenoxy) is 2. The second kappa shape index (κ2) is 16.7. The van der Waals surface area contributed by atoms with E-state index in [1.165, 1.54) is 12.8 Å². The highest BCUT2D eigenvalue weighted by Gasteiger charge is 2.34. The molecule has 2 fully saturated rings. The Morgan fingerprint density at radius 3 is 1.43 bits per heavy atom. The van der Waals surface area contributed by atoms with Crippen LogP contribution in [-0.4, -0.2) is 46.3 Å². The van der Waals surface area contributed by atoms with Gasteiger partial charge in [0.2, 0.25) is 0 Å². The van der Waals surface area contributed by atoms with Gasteiger partial charge in [-0.15, -0.1) is 0 Å². The highest BCUT2D eigenvalue weighted by atomic mass is 16.5. The Kier molecular flexibility index (Phi) is 14.8. The van der Waals surface area contributed by atoms with E-state index in [-0.39, 0.29) is 49.8 Å². The van der Waals surface area contributed by atoms with E-state index >= 15 is 0 Å². The van der Waals surface area contributed by atoms with E-state index in [9.17, 15) is 19.2 Å². The molecule has 0 aliphatic heterocycles. The lowest BCUT2D eigenvalue weighted by Gasteiger charge is -2.36. The Morgan fingerprint density at radius 1 is 0.649 bits per heavy atom. The monoisotopic (exact) mass is 526 g/mol. The number of hydrogen-bond donors (Lipinski definition) is 2. The van der Waals surface area contributed by atoms with Gasteiger partial charge in [0, 0.05) is 12.8 Å². The Morgan fingerprint density at radius 2 is 1.05 bits per heavy atom. The summed E-state index contributed by atoms with van der Waals surface area (Å²) in [6, 6.07) is 0. The number of esters is 2. The fourth-order valence-electron chi connectivity index (χ4n) is 5.55. The molecule has 2 aliphatic carbocycles. The van der Waals surface area contributed by atoms with Gasteiger partial charge in [0.15, 0.2) is 0 Å². The molecule has 2 aliphatic rings. The second-order valence-electron chi connectivity index (χ2n) is 11.8. The van der Waals surface area contributed by atoms with Crippen LogP contribution in [0.3, 0.4) is 0 Å². The topological polar surface area (TPSA) is 127 Å². The Bertz CT molecular complexity index is 731. The van der Waals surface area contributed by atoms with Crippen LogP contribution in [0.2, 0.25) is 0 Å². The summed E-state index contributed by atoms with van der Waals surface area (Å²) < 4.78 is 11.1. The van der Waals surface area contributed by atoms with Crippen molar-refractivity contribution >= 4 is 23.9 Å². The van der Waals surface area contributed by atoms with Crippen molar-refractivity contribution in [3.05, 3.63) is 0 Å². The molecule has 37 heavy (non-hydrogen) atoms. The molecule has 2 rings (SSSR count). The Balaban J connectivity index is 0.000000371. The minimum atomic E-state index is -0.954. The van der Waals surface area contributed by atoms with Gasteiger partial charge in [0.05, 0.1) is 12.8 Å². The quantitative estimate of drug-likeness (QED) is 0.309. The molecule has 0 radical (unpaired) electrons. The molecule has 2 N–H and O–H groups in total. The summed E-state index contributed by atoms with van der Waals surface area (Å²) in [6.07, 6.45) is 6.86. The zero-order valence-electron chi connectivity index (χ0n) is 23.7. The van der Waals surface area contributed by atoms with Crippen LogP contribution < -0.4 is 0 Å². The third kappa shape index (κ3) is 13.3. The van der Waals surface area contributed by atoms with Crippen LogP contribution in [-0.2, 0) is 28.7 Å². The third-order valence-electron chi connectivity index (χ3n) is 7.80. The lowest BCUT2D eigenvalue weighted by Crippen LogP contribution is -2.35. The number of carboxylic acid groups (broad SMARTS) is 2. The van der Waals surface area contributed by atoms with Gasteiger partial charge in [-0.25, -0.2) is 0 Å². The fourth-order valence-corrected chi connectivity index (χ4v) is 5.55. The first-order chi connectivity index (χ1) is 17.3. The highest BCUT2D eigenvalue weighted by Crippen LogP contribution is 2.36. The minimum absolute atomic E-state index is 0.0149. The van der Waals surface area contributed by atoms with E-state index in [0.29, 0.717) is 41.9 Å². The van der Waals surface area contributed by atoms with Crippen LogP contribution >= 0.6 is 0 Å². The van der Waals surface area contributed by atoms with Crippen molar-refractivity contribution in [2.24, 2.45) is 35.5 Å². The van der Waals surface area contributed by atoms with Crippen molar-refractivity contribution in [3.8, 4) is 0 Å². The summed E-state index contributed by atoms with van der Waals surface area (Å²) in [5.41, 5.74) is 0. The van der Waals surface area contributed by atoms with Crippen molar-refractivity contribution in [3.63, 3.8) is 0 Å². The first-order valence-electron chi connectivity index (χ1n) is 14.1. The second-order valence-corrected chi connectivity index (χ2v) is 11.8. The van der Waals surface area contributed by atoms with Crippen molar-refractivity contribution in [2.75, 3.05) is 0 Å². The van der Waals surface area contributed by atoms with Crippen molar-refractivity contribution in [1.29, 1.82) is 0 Å². The molecule has 0 saturated heterocycles. The highest BCUT2D eigenvalue weighted by molar-refractivity contribution is 5.76. The zero-order valence-corrected chi connectivity index (χ0v) is 23.7. The summed E-state index contributed by atoms with van der Waals surface area (Å²) in [5, 5.41) is 17.1. The molecule has 0 spiro atoms. The van der Waals surface area contributed by atoms with E-state index in [4.69, 9.17) is 19.7 Å². The molecule has 0 aromatic carbocycles. The van der Waals surface area contributed by atoms with Crippen LogP contribution in [0.25, 0.3) is 0 Å². The number of aliphatic carboxylic acids is 2. The molecule has 0 bridgehead atoms. The van der Waals surface area contributed by atoms with Crippen LogP contribution in [0, 0.1) is 35.5 Å². The standard InChI is InChI=1S/C15H26O4.C14H24O4/c1-10(2)12-8-7-11(3)9-13(12)19-15(18)6-4-5-14(16)17;1-9(2)11-5-4-10(3)8-12(11)18-14(17)7-6-13(15)16/h10-13H,4-9H2,1-3H3,(H,16,17);9-12H,4-8H2,1-3H3,(H,15,16)/t11-,12?,13-;10-,11?,12-/m11/s1. The maximum atomic E-state index is 11.8. The third-order valence-corrected chi connectivity index (χ3v) is 7.80. The van der Waals surface area contributed by atoms with Gasteiger partial charge in [0.25, 0.3) is 0 Å². The molecule has 0 aromatic rings. The van der Waals surface area contributed by atoms with Crippen molar-refractivity contribution in [1.82, 2.24) is 0 Å². The molecule has 8 heteroatoms. The number of carboxylic acids is 2. The molecular weight excluding hydrogens is 476 g/mol. The molecule has 2 unspecified atom stereocenters. The van der Waals surface area contributed by atoms with E-state index in [1.807, 2.05) is 0 Å². The van der Waals surface area contributed by atoms with Gasteiger partial charge in [-0.3, -0.25) is 19.2 Å². The average molecular weight is 527 g/mol. The number of rotatable bonds is 11. The Labute approximate surface area is 222 Å². The van der Waals surface area contributed by atoms with Gasteiger partial charge < -0.3 is 19.7 Å². The normalized spacial score (nSPS) is 27.7. The van der Waals surface area contributed by atoms with Crippen LogP contribution in [0.4, 0.5) is 0 Å². The maximum absolute atomic E-state index is 11.8. The fraction of sp³-hybridized carbons (Fsp3) is 0.862. The summed E-state index contributed by atoms with van der Waals surface area (Å²) in [6.45, 7) is 13.0. The predicted octanol–water partition coefficient (Wildman–Crippen LogP) is 6.10. The molecule has 6 atom stereocenters. The minimum Gasteiger partial charge on any atom is -0.481 e. The lowest BCUT2D eigenvalue weighted by atomic mass is 9.75. The van der Waals surface area contributed by atoms with Crippen molar-refractivity contribution in [2.45, 2.75) is 124 Å². The first-order valence-corrected chi connectivity index (χ1v) is 14.1. The SMILES string of the molecule is CC(C)C1CC[C@@H](C)C[C@H]1OC(=O)CCC(=O)O.CC(C)C1CC[C@@H](C)C[C@H]1OC(=O)CCCC(=O)O. The molecule has 0 aromatic heterocycles. The Hall–Kier alpha value is -2.12. The van der Waals surface area contributed by atoms with Crippen LogP contribution in [0.15, 0.2) is 0 Å². The smallest absolute Gasteiger partial charge is 0.306 e. The summed E-state index contributed by atoms with van der Waals surface area (Å²) >= 11 is 0. The van der Waals surface area contributed by atoms with Gasteiger partial charge in [-0.05, 0) is 67.6 Å². The van der Waals surface area contributed by atoms with Gasteiger partial charge >= 0.3 is 23.9 Å². The summed E-state index contributed by atoms with van der Waals surface area (Å²) in [4.78, 5) is 44.2. The number of carbonyl (C=O) groups is 4. The number of carbonyl (C=O) groups excluding carboxylic acids is 2. The zero-order chi connectivity index (χ0) is 28.1. The largest absolute Gasteiger partial charge is 0.481 e. The molecular formula is C29H50O8. The summed E-state index contributed by atoms with van der Waals surface area (Å²) in [5.74, 6) is 0.620. The average Bonchev–Trinajstić information content (AvgIpc) is 2.77. The maximum Gasteiger partial charge on any atom is 0.306 e. The van der Waals surface area contributed by atoms with Crippen molar-refractivity contribution < 1.29 is 38.9 Å². The first kappa shape index (κ1) is 32.9.